The van der Waals surface area contributed by atoms with Gasteiger partial charge in [-0.1, -0.05) is 36.8 Å². The molecule has 2 aromatic heterocycles. The summed E-state index contributed by atoms with van der Waals surface area (Å²) in [6, 6.07) is 14.7. The highest BCUT2D eigenvalue weighted by molar-refractivity contribution is 5.63. The first-order valence-electron chi connectivity index (χ1n) is 8.99. The summed E-state index contributed by atoms with van der Waals surface area (Å²) in [6.07, 6.45) is 4.59. The van der Waals surface area contributed by atoms with Gasteiger partial charge in [-0.15, -0.1) is 0 Å². The molecular formula is C21H25N5. The molecule has 26 heavy (non-hydrogen) atoms. The zero-order valence-electron chi connectivity index (χ0n) is 15.5. The van der Waals surface area contributed by atoms with Crippen LogP contribution in [0.25, 0.3) is 11.3 Å². The molecule has 0 spiro atoms. The van der Waals surface area contributed by atoms with Crippen LogP contribution in [0, 0.1) is 6.92 Å². The van der Waals surface area contributed by atoms with Crippen LogP contribution in [0.4, 0.5) is 11.8 Å². The molecule has 3 rings (SSSR count). The molecular weight excluding hydrogens is 322 g/mol. The molecule has 0 aliphatic heterocycles. The third kappa shape index (κ3) is 4.79. The monoisotopic (exact) mass is 347 g/mol. The SMILES string of the molecule is CC[C@H](C)Nc1nc(NCc2cccc(C)c2)cc(-c2cccnc2)n1. The smallest absolute Gasteiger partial charge is 0.225 e. The molecule has 2 heterocycles. The maximum atomic E-state index is 4.66. The van der Waals surface area contributed by atoms with Crippen LogP contribution in [0.2, 0.25) is 0 Å². The lowest BCUT2D eigenvalue weighted by atomic mass is 10.1. The number of benzene rings is 1. The van der Waals surface area contributed by atoms with E-state index >= 15 is 0 Å². The number of aryl methyl sites for hydroxylation is 1. The van der Waals surface area contributed by atoms with E-state index in [0.717, 1.165) is 23.5 Å². The second-order valence-corrected chi connectivity index (χ2v) is 6.50. The van der Waals surface area contributed by atoms with Gasteiger partial charge >= 0.3 is 0 Å². The third-order valence-electron chi connectivity index (χ3n) is 4.23. The summed E-state index contributed by atoms with van der Waals surface area (Å²) in [7, 11) is 0. The molecule has 0 amide bonds. The summed E-state index contributed by atoms with van der Waals surface area (Å²) in [5.74, 6) is 1.43. The molecule has 0 bridgehead atoms. The highest BCUT2D eigenvalue weighted by Gasteiger charge is 2.09. The molecule has 0 aliphatic carbocycles. The molecule has 2 N–H and O–H groups in total. The van der Waals surface area contributed by atoms with Crippen molar-refractivity contribution in [3.8, 4) is 11.3 Å². The van der Waals surface area contributed by atoms with Crippen LogP contribution in [0.5, 0.6) is 0 Å². The van der Waals surface area contributed by atoms with Gasteiger partial charge in [-0.2, -0.15) is 4.98 Å². The Morgan fingerprint density at radius 1 is 1.08 bits per heavy atom. The van der Waals surface area contributed by atoms with Gasteiger partial charge in [0, 0.05) is 36.6 Å². The first kappa shape index (κ1) is 17.9. The van der Waals surface area contributed by atoms with Gasteiger partial charge in [0.2, 0.25) is 5.95 Å². The van der Waals surface area contributed by atoms with Gasteiger partial charge in [0.05, 0.1) is 5.69 Å². The topological polar surface area (TPSA) is 62.7 Å². The van der Waals surface area contributed by atoms with E-state index in [1.807, 2.05) is 24.4 Å². The molecule has 3 aromatic rings. The quantitative estimate of drug-likeness (QED) is 0.650. The van der Waals surface area contributed by atoms with E-state index in [2.05, 4.69) is 70.6 Å². The lowest BCUT2D eigenvalue weighted by Crippen LogP contribution is -2.16. The highest BCUT2D eigenvalue weighted by Crippen LogP contribution is 2.21. The Hall–Kier alpha value is -2.95. The lowest BCUT2D eigenvalue weighted by molar-refractivity contribution is 0.753. The first-order valence-corrected chi connectivity index (χ1v) is 8.99. The van der Waals surface area contributed by atoms with E-state index < -0.39 is 0 Å². The molecule has 1 aromatic carbocycles. The number of pyridine rings is 1. The minimum atomic E-state index is 0.309. The number of hydrogen-bond donors (Lipinski definition) is 2. The largest absolute Gasteiger partial charge is 0.366 e. The predicted molar refractivity (Wildman–Crippen MR) is 107 cm³/mol. The minimum Gasteiger partial charge on any atom is -0.366 e. The van der Waals surface area contributed by atoms with Crippen LogP contribution in [-0.2, 0) is 6.54 Å². The Labute approximate surface area is 154 Å². The summed E-state index contributed by atoms with van der Waals surface area (Å²) in [5, 5.41) is 6.79. The molecule has 5 nitrogen and oxygen atoms in total. The van der Waals surface area contributed by atoms with Gasteiger partial charge in [0.1, 0.15) is 5.82 Å². The lowest BCUT2D eigenvalue weighted by Gasteiger charge is -2.14. The number of hydrogen-bond acceptors (Lipinski definition) is 5. The van der Waals surface area contributed by atoms with Crippen molar-refractivity contribution in [3.05, 3.63) is 66.0 Å². The number of nitrogens with one attached hydrogen (secondary N) is 2. The van der Waals surface area contributed by atoms with Gasteiger partial charge < -0.3 is 10.6 Å². The zero-order valence-corrected chi connectivity index (χ0v) is 15.5. The molecule has 0 aliphatic rings. The van der Waals surface area contributed by atoms with Crippen LogP contribution in [0.1, 0.15) is 31.4 Å². The predicted octanol–water partition coefficient (Wildman–Crippen LogP) is 4.67. The van der Waals surface area contributed by atoms with Crippen molar-refractivity contribution < 1.29 is 0 Å². The number of anilines is 2. The normalized spacial score (nSPS) is 11.8. The fourth-order valence-corrected chi connectivity index (χ4v) is 2.60. The van der Waals surface area contributed by atoms with Crippen molar-refractivity contribution >= 4 is 11.8 Å². The van der Waals surface area contributed by atoms with E-state index in [1.165, 1.54) is 11.1 Å². The summed E-state index contributed by atoms with van der Waals surface area (Å²) in [4.78, 5) is 13.5. The van der Waals surface area contributed by atoms with Gasteiger partial charge in [-0.25, -0.2) is 4.98 Å². The van der Waals surface area contributed by atoms with Crippen molar-refractivity contribution in [2.24, 2.45) is 0 Å². The second-order valence-electron chi connectivity index (χ2n) is 6.50. The summed E-state index contributed by atoms with van der Waals surface area (Å²) in [5.41, 5.74) is 4.30. The molecule has 0 unspecified atom stereocenters. The second kappa shape index (κ2) is 8.43. The van der Waals surface area contributed by atoms with E-state index in [1.54, 1.807) is 6.20 Å². The van der Waals surface area contributed by atoms with Crippen LogP contribution < -0.4 is 10.6 Å². The minimum absolute atomic E-state index is 0.309. The molecule has 134 valence electrons. The average molecular weight is 347 g/mol. The maximum absolute atomic E-state index is 4.66. The van der Waals surface area contributed by atoms with Gasteiger partial charge in [0.25, 0.3) is 0 Å². The Morgan fingerprint density at radius 2 is 1.96 bits per heavy atom. The summed E-state index contributed by atoms with van der Waals surface area (Å²) in [6.45, 7) is 7.08. The van der Waals surface area contributed by atoms with E-state index in [9.17, 15) is 0 Å². The highest BCUT2D eigenvalue weighted by atomic mass is 15.2. The van der Waals surface area contributed by atoms with Crippen LogP contribution >= 0.6 is 0 Å². The Balaban J connectivity index is 1.86. The van der Waals surface area contributed by atoms with E-state index in [-0.39, 0.29) is 0 Å². The molecule has 0 saturated carbocycles. The van der Waals surface area contributed by atoms with Crippen molar-refractivity contribution in [1.82, 2.24) is 15.0 Å². The summed E-state index contributed by atoms with van der Waals surface area (Å²) >= 11 is 0. The molecule has 0 radical (unpaired) electrons. The van der Waals surface area contributed by atoms with E-state index in [0.29, 0.717) is 18.5 Å². The van der Waals surface area contributed by atoms with Crippen LogP contribution in [-0.4, -0.2) is 21.0 Å². The molecule has 0 saturated heterocycles. The Morgan fingerprint density at radius 3 is 2.69 bits per heavy atom. The third-order valence-corrected chi connectivity index (χ3v) is 4.23. The maximum Gasteiger partial charge on any atom is 0.225 e. The summed E-state index contributed by atoms with van der Waals surface area (Å²) < 4.78 is 0. The molecule has 1 atom stereocenters. The molecule has 5 heteroatoms. The Kier molecular flexibility index (Phi) is 5.79. The van der Waals surface area contributed by atoms with Crippen molar-refractivity contribution in [1.29, 1.82) is 0 Å². The van der Waals surface area contributed by atoms with Gasteiger partial charge in [-0.3, -0.25) is 4.98 Å². The zero-order chi connectivity index (χ0) is 18.4. The van der Waals surface area contributed by atoms with Crippen LogP contribution in [0.15, 0.2) is 54.9 Å². The number of rotatable bonds is 7. The van der Waals surface area contributed by atoms with Crippen molar-refractivity contribution in [2.45, 2.75) is 39.8 Å². The number of nitrogens with zero attached hydrogens (tertiary/aromatic N) is 3. The fraction of sp³-hybridized carbons (Fsp3) is 0.286. The van der Waals surface area contributed by atoms with E-state index in [4.69, 9.17) is 0 Å². The first-order chi connectivity index (χ1) is 12.6. The van der Waals surface area contributed by atoms with Crippen LogP contribution in [0.3, 0.4) is 0 Å². The van der Waals surface area contributed by atoms with Crippen molar-refractivity contribution in [2.75, 3.05) is 10.6 Å². The number of aromatic nitrogens is 3. The molecule has 0 fully saturated rings. The van der Waals surface area contributed by atoms with Gasteiger partial charge in [-0.05, 0) is 38.0 Å². The standard InChI is InChI=1S/C21H25N5/c1-4-16(3)24-21-25-19(18-9-6-10-22-14-18)12-20(26-21)23-13-17-8-5-7-15(2)11-17/h5-12,14,16H,4,13H2,1-3H3,(H2,23,24,25,26)/t16-/m0/s1. The fourth-order valence-electron chi connectivity index (χ4n) is 2.60. The Bertz CT molecular complexity index is 848. The van der Waals surface area contributed by atoms with Gasteiger partial charge in [0.15, 0.2) is 0 Å². The van der Waals surface area contributed by atoms with Crippen molar-refractivity contribution in [3.63, 3.8) is 0 Å². The average Bonchev–Trinajstić information content (AvgIpc) is 2.67.